The van der Waals surface area contributed by atoms with E-state index < -0.39 is 0 Å². The minimum absolute atomic E-state index is 0.171. The molecule has 0 fully saturated rings. The van der Waals surface area contributed by atoms with Crippen LogP contribution < -0.4 is 10.9 Å². The molecule has 4 aromatic rings. The van der Waals surface area contributed by atoms with Crippen LogP contribution in [0.5, 0.6) is 0 Å². The summed E-state index contributed by atoms with van der Waals surface area (Å²) in [5.41, 5.74) is 2.50. The van der Waals surface area contributed by atoms with Crippen molar-refractivity contribution in [1.29, 1.82) is 0 Å². The van der Waals surface area contributed by atoms with Crippen molar-refractivity contribution in [2.75, 3.05) is 0 Å². The molecule has 0 saturated heterocycles. The second-order valence-corrected chi connectivity index (χ2v) is 6.64. The van der Waals surface area contributed by atoms with Crippen molar-refractivity contribution < 1.29 is 4.79 Å². The molecule has 1 amide bonds. The van der Waals surface area contributed by atoms with Gasteiger partial charge in [0, 0.05) is 25.0 Å². The van der Waals surface area contributed by atoms with Gasteiger partial charge in [0.25, 0.3) is 11.5 Å². The summed E-state index contributed by atoms with van der Waals surface area (Å²) in [4.78, 5) is 46.5. The third kappa shape index (κ3) is 3.12. The number of fused-ring (bicyclic) bond motifs is 2. The predicted molar refractivity (Wildman–Crippen MR) is 104 cm³/mol. The lowest BCUT2D eigenvalue weighted by Crippen LogP contribution is -2.30. The molecule has 0 aromatic carbocycles. The van der Waals surface area contributed by atoms with Crippen molar-refractivity contribution in [3.63, 3.8) is 0 Å². The summed E-state index contributed by atoms with van der Waals surface area (Å²) in [7, 11) is 0. The van der Waals surface area contributed by atoms with E-state index in [1.807, 2.05) is 0 Å². The van der Waals surface area contributed by atoms with Crippen LogP contribution in [0.3, 0.4) is 0 Å². The van der Waals surface area contributed by atoms with Gasteiger partial charge in [-0.15, -0.1) is 0 Å². The van der Waals surface area contributed by atoms with Crippen LogP contribution in [0.2, 0.25) is 0 Å². The highest BCUT2D eigenvalue weighted by Gasteiger charge is 2.28. The molecule has 4 aromatic heterocycles. The maximum Gasteiger partial charge on any atom is 0.270 e. The van der Waals surface area contributed by atoms with E-state index in [-0.39, 0.29) is 17.5 Å². The highest BCUT2D eigenvalue weighted by Crippen LogP contribution is 2.24. The molecule has 1 aliphatic heterocycles. The van der Waals surface area contributed by atoms with Gasteiger partial charge >= 0.3 is 0 Å². The van der Waals surface area contributed by atoms with Gasteiger partial charge in [0.15, 0.2) is 0 Å². The van der Waals surface area contributed by atoms with Crippen molar-refractivity contribution in [3.05, 3.63) is 77.0 Å². The molecule has 9 nitrogen and oxygen atoms in total. The Hall–Kier alpha value is -4.01. The zero-order valence-electron chi connectivity index (χ0n) is 15.2. The quantitative estimate of drug-likeness (QED) is 0.568. The summed E-state index contributed by atoms with van der Waals surface area (Å²) in [6, 6.07) is 9.73. The first-order valence-electron chi connectivity index (χ1n) is 9.10. The monoisotopic (exact) mass is 385 g/mol. The van der Waals surface area contributed by atoms with Crippen LogP contribution in [0.25, 0.3) is 22.4 Å². The fourth-order valence-electron chi connectivity index (χ4n) is 3.43. The Morgan fingerprint density at radius 2 is 1.97 bits per heavy atom. The summed E-state index contributed by atoms with van der Waals surface area (Å²) >= 11 is 0. The fourth-order valence-corrected chi connectivity index (χ4v) is 3.43. The van der Waals surface area contributed by atoms with Crippen LogP contribution in [0.1, 0.15) is 28.8 Å². The van der Waals surface area contributed by atoms with Gasteiger partial charge < -0.3 is 5.32 Å². The van der Waals surface area contributed by atoms with Gasteiger partial charge in [-0.25, -0.2) is 19.9 Å². The summed E-state index contributed by atoms with van der Waals surface area (Å²) in [5.74, 6) is 0.192. The smallest absolute Gasteiger partial charge is 0.270 e. The van der Waals surface area contributed by atoms with Crippen LogP contribution in [0, 0.1) is 0 Å². The number of amides is 1. The molecule has 5 rings (SSSR count). The number of carbonyl (C=O) groups excluding carboxylic acids is 1. The van der Waals surface area contributed by atoms with E-state index >= 15 is 0 Å². The Labute approximate surface area is 164 Å². The first-order valence-corrected chi connectivity index (χ1v) is 9.10. The SMILES string of the molecule is O=C(NC1CCn2c1nc(-c1ccncn1)cc2=O)c1ccc2ncccc2n1. The third-order valence-corrected chi connectivity index (χ3v) is 4.83. The molecule has 0 saturated carbocycles. The van der Waals surface area contributed by atoms with Crippen LogP contribution >= 0.6 is 0 Å². The molecule has 9 heteroatoms. The van der Waals surface area contributed by atoms with E-state index in [0.29, 0.717) is 41.4 Å². The van der Waals surface area contributed by atoms with Gasteiger partial charge in [-0.05, 0) is 36.8 Å². The molecule has 0 bridgehead atoms. The minimum atomic E-state index is -0.386. The first-order chi connectivity index (χ1) is 14.2. The standard InChI is InChI=1S/C20H15N7O2/c28-18-10-17(13-5-8-21-11-23-13)25-19-15(6-9-27(18)19)26-20(29)16-4-3-12-14(24-16)2-1-7-22-12/h1-5,7-8,10-11,15H,6,9H2,(H,26,29). The predicted octanol–water partition coefficient (Wildman–Crippen LogP) is 1.52. The Bertz CT molecular complexity index is 1290. The summed E-state index contributed by atoms with van der Waals surface area (Å²) in [5, 5.41) is 2.95. The molecule has 5 heterocycles. The molecule has 0 spiro atoms. The van der Waals surface area contributed by atoms with E-state index in [0.717, 1.165) is 5.52 Å². The molecule has 0 aliphatic carbocycles. The van der Waals surface area contributed by atoms with Gasteiger partial charge in [0.1, 0.15) is 17.8 Å². The molecule has 1 aliphatic rings. The largest absolute Gasteiger partial charge is 0.341 e. The van der Waals surface area contributed by atoms with Crippen molar-refractivity contribution in [2.45, 2.75) is 19.0 Å². The molecular weight excluding hydrogens is 370 g/mol. The van der Waals surface area contributed by atoms with Crippen molar-refractivity contribution in [1.82, 2.24) is 34.8 Å². The average Bonchev–Trinajstić information content (AvgIpc) is 3.17. The van der Waals surface area contributed by atoms with Gasteiger partial charge in [-0.3, -0.25) is 19.1 Å². The third-order valence-electron chi connectivity index (χ3n) is 4.83. The topological polar surface area (TPSA) is 116 Å². The van der Waals surface area contributed by atoms with Crippen molar-refractivity contribution in [2.24, 2.45) is 0 Å². The van der Waals surface area contributed by atoms with E-state index in [2.05, 4.69) is 30.2 Å². The molecule has 1 atom stereocenters. The molecule has 1 unspecified atom stereocenters. The number of pyridine rings is 2. The van der Waals surface area contributed by atoms with Gasteiger partial charge in [0.2, 0.25) is 0 Å². The van der Waals surface area contributed by atoms with Gasteiger partial charge in [-0.1, -0.05) is 0 Å². The fraction of sp³-hybridized carbons (Fsp3) is 0.150. The summed E-state index contributed by atoms with van der Waals surface area (Å²) in [6.07, 6.45) is 5.25. The van der Waals surface area contributed by atoms with Crippen LogP contribution in [-0.2, 0) is 6.54 Å². The zero-order valence-corrected chi connectivity index (χ0v) is 15.2. The van der Waals surface area contributed by atoms with Crippen LogP contribution in [-0.4, -0.2) is 35.4 Å². The highest BCUT2D eigenvalue weighted by atomic mass is 16.2. The second-order valence-electron chi connectivity index (χ2n) is 6.64. The number of hydrogen-bond donors (Lipinski definition) is 1. The minimum Gasteiger partial charge on any atom is -0.341 e. The lowest BCUT2D eigenvalue weighted by molar-refractivity contribution is 0.0931. The molecule has 29 heavy (non-hydrogen) atoms. The second kappa shape index (κ2) is 6.86. The van der Waals surface area contributed by atoms with Crippen molar-refractivity contribution in [3.8, 4) is 11.4 Å². The summed E-state index contributed by atoms with van der Waals surface area (Å²) in [6.45, 7) is 0.491. The van der Waals surface area contributed by atoms with Gasteiger partial charge in [0.05, 0.1) is 28.5 Å². The number of nitrogens with one attached hydrogen (secondary N) is 1. The highest BCUT2D eigenvalue weighted by molar-refractivity contribution is 5.94. The zero-order chi connectivity index (χ0) is 19.8. The Balaban J connectivity index is 1.46. The maximum atomic E-state index is 12.8. The van der Waals surface area contributed by atoms with E-state index in [1.165, 1.54) is 12.4 Å². The number of carbonyl (C=O) groups is 1. The number of aromatic nitrogens is 6. The number of hydrogen-bond acceptors (Lipinski definition) is 7. The molecule has 0 radical (unpaired) electrons. The Morgan fingerprint density at radius 1 is 1.03 bits per heavy atom. The lowest BCUT2D eigenvalue weighted by atomic mass is 10.2. The van der Waals surface area contributed by atoms with E-state index in [9.17, 15) is 9.59 Å². The molecule has 142 valence electrons. The molecule has 1 N–H and O–H groups in total. The Kier molecular flexibility index (Phi) is 4.05. The lowest BCUT2D eigenvalue weighted by Gasteiger charge is -2.13. The first kappa shape index (κ1) is 17.1. The van der Waals surface area contributed by atoms with Gasteiger partial charge in [-0.2, -0.15) is 0 Å². The normalized spacial score (nSPS) is 15.2. The number of nitrogens with zero attached hydrogens (tertiary/aromatic N) is 6. The number of rotatable bonds is 3. The van der Waals surface area contributed by atoms with Crippen LogP contribution in [0.4, 0.5) is 0 Å². The maximum absolute atomic E-state index is 12.8. The summed E-state index contributed by atoms with van der Waals surface area (Å²) < 4.78 is 1.58. The average molecular weight is 385 g/mol. The molecular formula is C20H15N7O2. The Morgan fingerprint density at radius 3 is 2.83 bits per heavy atom. The van der Waals surface area contributed by atoms with Crippen LogP contribution in [0.15, 0.2) is 59.9 Å². The van der Waals surface area contributed by atoms with E-state index in [1.54, 1.807) is 47.3 Å². The van der Waals surface area contributed by atoms with E-state index in [4.69, 9.17) is 0 Å². The van der Waals surface area contributed by atoms with Crippen molar-refractivity contribution >= 4 is 16.9 Å².